The first-order valence-electron chi connectivity index (χ1n) is 6.33. The third kappa shape index (κ3) is 3.08. The maximum absolute atomic E-state index is 11.7. The van der Waals surface area contributed by atoms with E-state index < -0.39 is 0 Å². The first kappa shape index (κ1) is 11.6. The van der Waals surface area contributed by atoms with Gasteiger partial charge in [0.05, 0.1) is 12.1 Å². The van der Waals surface area contributed by atoms with E-state index in [0.29, 0.717) is 5.92 Å². The van der Waals surface area contributed by atoms with Gasteiger partial charge in [-0.15, -0.1) is 0 Å². The second-order valence-electron chi connectivity index (χ2n) is 5.13. The third-order valence-electron chi connectivity index (χ3n) is 3.64. The number of aliphatic hydroxyl groups is 1. The zero-order valence-corrected chi connectivity index (χ0v) is 9.91. The van der Waals surface area contributed by atoms with Gasteiger partial charge < -0.3 is 10.4 Å². The lowest BCUT2D eigenvalue weighted by molar-refractivity contribution is -0.118. The molecule has 2 atom stereocenters. The Balaban J connectivity index is 1.83. The second kappa shape index (κ2) is 5.00. The summed E-state index contributed by atoms with van der Waals surface area (Å²) in [5, 5.41) is 12.7. The molecule has 0 aromatic rings. The van der Waals surface area contributed by atoms with Crippen LogP contribution in [0.1, 0.15) is 45.4 Å². The topological polar surface area (TPSA) is 49.3 Å². The van der Waals surface area contributed by atoms with E-state index >= 15 is 0 Å². The fourth-order valence-electron chi connectivity index (χ4n) is 2.37. The van der Waals surface area contributed by atoms with Gasteiger partial charge in [-0.2, -0.15) is 0 Å². The molecule has 2 aliphatic rings. The molecule has 2 fully saturated rings. The Morgan fingerprint density at radius 1 is 1.25 bits per heavy atom. The van der Waals surface area contributed by atoms with Crippen LogP contribution < -0.4 is 5.32 Å². The summed E-state index contributed by atoms with van der Waals surface area (Å²) in [6.45, 7) is 2.02. The summed E-state index contributed by atoms with van der Waals surface area (Å²) in [4.78, 5) is 11.7. The summed E-state index contributed by atoms with van der Waals surface area (Å²) in [6, 6.07) is -0.0375. The largest absolute Gasteiger partial charge is 0.391 e. The van der Waals surface area contributed by atoms with Crippen LogP contribution in [-0.2, 0) is 4.79 Å². The number of nitrogens with one attached hydrogen (secondary N) is 1. The van der Waals surface area contributed by atoms with E-state index in [1.165, 1.54) is 18.4 Å². The van der Waals surface area contributed by atoms with E-state index in [-0.39, 0.29) is 18.1 Å². The minimum absolute atomic E-state index is 0.0321. The fraction of sp³-hybridized carbons (Fsp3) is 0.769. The molecule has 2 rings (SSSR count). The van der Waals surface area contributed by atoms with E-state index in [2.05, 4.69) is 5.32 Å². The normalized spacial score (nSPS) is 31.2. The molecule has 16 heavy (non-hydrogen) atoms. The summed E-state index contributed by atoms with van der Waals surface area (Å²) in [7, 11) is 0. The number of carbonyl (C=O) groups excluding carboxylic acids is 1. The molecule has 2 N–H and O–H groups in total. The molecule has 2 aliphatic carbocycles. The van der Waals surface area contributed by atoms with Crippen LogP contribution in [0.3, 0.4) is 0 Å². The number of carbonyl (C=O) groups is 1. The Morgan fingerprint density at radius 2 is 1.94 bits per heavy atom. The summed E-state index contributed by atoms with van der Waals surface area (Å²) in [6.07, 6.45) is 7.70. The highest BCUT2D eigenvalue weighted by Gasteiger charge is 2.26. The fourth-order valence-corrected chi connectivity index (χ4v) is 2.37. The van der Waals surface area contributed by atoms with Crippen molar-refractivity contribution in [3.63, 3.8) is 0 Å². The van der Waals surface area contributed by atoms with Crippen LogP contribution in [0.4, 0.5) is 0 Å². The molecule has 0 radical (unpaired) electrons. The second-order valence-corrected chi connectivity index (χ2v) is 5.13. The van der Waals surface area contributed by atoms with Crippen molar-refractivity contribution < 1.29 is 9.90 Å². The number of hydrogen-bond acceptors (Lipinski definition) is 2. The molecule has 0 spiro atoms. The summed E-state index contributed by atoms with van der Waals surface area (Å²) in [5.41, 5.74) is 1.18. The first-order valence-corrected chi connectivity index (χ1v) is 6.33. The average Bonchev–Trinajstić information content (AvgIpc) is 3.04. The molecule has 0 saturated heterocycles. The van der Waals surface area contributed by atoms with Crippen molar-refractivity contribution in [3.8, 4) is 0 Å². The van der Waals surface area contributed by atoms with Gasteiger partial charge in [0.1, 0.15) is 0 Å². The monoisotopic (exact) mass is 223 g/mol. The Labute approximate surface area is 96.9 Å². The summed E-state index contributed by atoms with van der Waals surface area (Å²) >= 11 is 0. The molecule has 0 bridgehead atoms. The number of rotatable bonds is 3. The average molecular weight is 223 g/mol. The molecule has 3 heteroatoms. The number of amides is 1. The number of aliphatic hydroxyl groups excluding tert-OH is 1. The van der Waals surface area contributed by atoms with Crippen LogP contribution in [0.25, 0.3) is 0 Å². The number of allylic oxidation sites excluding steroid dienone is 1. The quantitative estimate of drug-likeness (QED) is 0.716. The van der Waals surface area contributed by atoms with Gasteiger partial charge in [-0.3, -0.25) is 4.79 Å². The molecule has 2 saturated carbocycles. The zero-order valence-electron chi connectivity index (χ0n) is 9.91. The first-order chi connectivity index (χ1) is 7.66. The van der Waals surface area contributed by atoms with Crippen molar-refractivity contribution in [3.05, 3.63) is 11.6 Å². The van der Waals surface area contributed by atoms with Crippen molar-refractivity contribution in [2.45, 2.75) is 57.6 Å². The van der Waals surface area contributed by atoms with E-state index in [4.69, 9.17) is 0 Å². The SMILES string of the molecule is C/C(=C/C(=O)N[C@@H]1CCCC[C@H]1O)C1CC1. The van der Waals surface area contributed by atoms with Gasteiger partial charge in [-0.1, -0.05) is 18.4 Å². The van der Waals surface area contributed by atoms with Gasteiger partial charge in [-0.25, -0.2) is 0 Å². The van der Waals surface area contributed by atoms with Crippen LogP contribution in [0.2, 0.25) is 0 Å². The Hall–Kier alpha value is -0.830. The summed E-state index contributed by atoms with van der Waals surface area (Å²) in [5.74, 6) is 0.609. The minimum Gasteiger partial charge on any atom is -0.391 e. The lowest BCUT2D eigenvalue weighted by Crippen LogP contribution is -2.44. The lowest BCUT2D eigenvalue weighted by atomic mass is 9.92. The lowest BCUT2D eigenvalue weighted by Gasteiger charge is -2.27. The van der Waals surface area contributed by atoms with Gasteiger partial charge in [0.25, 0.3) is 0 Å². The predicted octanol–water partition coefficient (Wildman–Crippen LogP) is 1.76. The number of hydrogen-bond donors (Lipinski definition) is 2. The molecule has 0 aromatic heterocycles. The highest BCUT2D eigenvalue weighted by molar-refractivity contribution is 5.88. The Kier molecular flexibility index (Phi) is 3.64. The maximum Gasteiger partial charge on any atom is 0.244 e. The minimum atomic E-state index is -0.354. The van der Waals surface area contributed by atoms with Crippen LogP contribution in [0.15, 0.2) is 11.6 Å². The molecular formula is C13H21NO2. The molecule has 1 amide bonds. The Morgan fingerprint density at radius 3 is 2.56 bits per heavy atom. The van der Waals surface area contributed by atoms with Gasteiger partial charge in [0, 0.05) is 6.08 Å². The molecule has 0 heterocycles. The van der Waals surface area contributed by atoms with Crippen molar-refractivity contribution >= 4 is 5.91 Å². The highest BCUT2D eigenvalue weighted by Crippen LogP contribution is 2.35. The van der Waals surface area contributed by atoms with Gasteiger partial charge in [0.15, 0.2) is 0 Å². The van der Waals surface area contributed by atoms with Crippen molar-refractivity contribution in [1.29, 1.82) is 0 Å². The van der Waals surface area contributed by atoms with Crippen molar-refractivity contribution in [2.24, 2.45) is 5.92 Å². The third-order valence-corrected chi connectivity index (χ3v) is 3.64. The maximum atomic E-state index is 11.7. The smallest absolute Gasteiger partial charge is 0.244 e. The van der Waals surface area contributed by atoms with E-state index in [1.807, 2.05) is 6.92 Å². The Bertz CT molecular complexity index is 294. The molecule has 0 aliphatic heterocycles. The van der Waals surface area contributed by atoms with Crippen LogP contribution in [0.5, 0.6) is 0 Å². The molecule has 3 nitrogen and oxygen atoms in total. The van der Waals surface area contributed by atoms with Gasteiger partial charge >= 0.3 is 0 Å². The van der Waals surface area contributed by atoms with Gasteiger partial charge in [-0.05, 0) is 38.5 Å². The van der Waals surface area contributed by atoms with Crippen molar-refractivity contribution in [1.82, 2.24) is 5.32 Å². The van der Waals surface area contributed by atoms with Crippen molar-refractivity contribution in [2.75, 3.05) is 0 Å². The summed E-state index contributed by atoms with van der Waals surface area (Å²) < 4.78 is 0. The standard InChI is InChI=1S/C13H21NO2/c1-9(10-6-7-10)8-13(16)14-11-4-2-3-5-12(11)15/h8,10-12,15H,2-7H2,1H3,(H,14,16)/b9-8-/t11-,12-/m1/s1. The molecule has 0 unspecified atom stereocenters. The molecular weight excluding hydrogens is 202 g/mol. The van der Waals surface area contributed by atoms with Crippen LogP contribution >= 0.6 is 0 Å². The van der Waals surface area contributed by atoms with E-state index in [0.717, 1.165) is 25.7 Å². The zero-order chi connectivity index (χ0) is 11.5. The molecule has 0 aromatic carbocycles. The highest BCUT2D eigenvalue weighted by atomic mass is 16.3. The van der Waals surface area contributed by atoms with Crippen LogP contribution in [-0.4, -0.2) is 23.2 Å². The van der Waals surface area contributed by atoms with E-state index in [1.54, 1.807) is 6.08 Å². The van der Waals surface area contributed by atoms with Crippen LogP contribution in [0, 0.1) is 5.92 Å². The predicted molar refractivity (Wildman–Crippen MR) is 62.9 cm³/mol. The van der Waals surface area contributed by atoms with E-state index in [9.17, 15) is 9.90 Å². The van der Waals surface area contributed by atoms with Gasteiger partial charge in [0.2, 0.25) is 5.91 Å². The molecule has 90 valence electrons.